The fourth-order valence-corrected chi connectivity index (χ4v) is 2.09. The van der Waals surface area contributed by atoms with Gasteiger partial charge in [0.2, 0.25) is 0 Å². The highest BCUT2D eigenvalue weighted by molar-refractivity contribution is 5.56. The molecule has 0 spiro atoms. The molecule has 0 atom stereocenters. The first-order chi connectivity index (χ1) is 8.59. The molecule has 0 fully saturated rings. The molecule has 1 aromatic heterocycles. The molecule has 18 heavy (non-hydrogen) atoms. The van der Waals surface area contributed by atoms with Crippen LogP contribution in [0.5, 0.6) is 0 Å². The first-order valence-electron chi connectivity index (χ1n) is 6.28. The van der Waals surface area contributed by atoms with E-state index in [1.807, 2.05) is 4.68 Å². The van der Waals surface area contributed by atoms with Gasteiger partial charge in [-0.2, -0.15) is 5.10 Å². The summed E-state index contributed by atoms with van der Waals surface area (Å²) in [5, 5.41) is 7.69. The molecule has 4 nitrogen and oxygen atoms in total. The zero-order valence-electron chi connectivity index (χ0n) is 11.4. The van der Waals surface area contributed by atoms with Crippen molar-refractivity contribution in [1.29, 1.82) is 0 Å². The van der Waals surface area contributed by atoms with Gasteiger partial charge in [-0.3, -0.25) is 0 Å². The van der Waals surface area contributed by atoms with Gasteiger partial charge < -0.3 is 5.32 Å². The summed E-state index contributed by atoms with van der Waals surface area (Å²) in [5.74, 6) is 0.965. The van der Waals surface area contributed by atoms with E-state index in [0.29, 0.717) is 12.6 Å². The van der Waals surface area contributed by atoms with Crippen LogP contribution in [0.25, 0.3) is 0 Å². The lowest BCUT2D eigenvalue weighted by Gasteiger charge is -2.14. The molecule has 1 heterocycles. The molecule has 1 N–H and O–H groups in total. The summed E-state index contributed by atoms with van der Waals surface area (Å²) < 4.78 is 1.95. The molecule has 0 radical (unpaired) electrons. The van der Waals surface area contributed by atoms with Crippen LogP contribution in [0, 0.1) is 13.8 Å². The summed E-state index contributed by atoms with van der Waals surface area (Å²) in [4.78, 5) is 4.30. The number of nitrogens with one attached hydrogen (secondary N) is 1. The number of benzene rings is 1. The second-order valence-corrected chi connectivity index (χ2v) is 4.83. The molecule has 0 saturated carbocycles. The van der Waals surface area contributed by atoms with Crippen LogP contribution in [-0.4, -0.2) is 14.8 Å². The van der Waals surface area contributed by atoms with Crippen LogP contribution >= 0.6 is 0 Å². The molecule has 0 amide bonds. The maximum Gasteiger partial charge on any atom is 0.146 e. The van der Waals surface area contributed by atoms with Gasteiger partial charge in [0.15, 0.2) is 0 Å². The van der Waals surface area contributed by atoms with E-state index in [2.05, 4.69) is 61.3 Å². The van der Waals surface area contributed by atoms with Crippen LogP contribution < -0.4 is 5.32 Å². The number of hydrogen-bond donors (Lipinski definition) is 1. The van der Waals surface area contributed by atoms with Gasteiger partial charge in [0, 0.05) is 11.7 Å². The highest BCUT2D eigenvalue weighted by Crippen LogP contribution is 2.20. The molecule has 0 saturated heterocycles. The number of nitrogens with zero attached hydrogens (tertiary/aromatic N) is 3. The normalized spacial score (nSPS) is 10.9. The lowest BCUT2D eigenvalue weighted by Crippen LogP contribution is -2.12. The third kappa shape index (κ3) is 2.53. The second kappa shape index (κ2) is 5.21. The molecule has 2 aromatic rings. The average Bonchev–Trinajstić information content (AvgIpc) is 2.76. The van der Waals surface area contributed by atoms with E-state index in [9.17, 15) is 0 Å². The zero-order valence-corrected chi connectivity index (χ0v) is 11.4. The Bertz CT molecular complexity index is 508. The van der Waals surface area contributed by atoms with E-state index in [-0.39, 0.29) is 0 Å². The van der Waals surface area contributed by atoms with E-state index >= 15 is 0 Å². The van der Waals surface area contributed by atoms with Gasteiger partial charge in [-0.05, 0) is 38.8 Å². The van der Waals surface area contributed by atoms with Crippen LogP contribution in [0.3, 0.4) is 0 Å². The molecule has 4 heteroatoms. The van der Waals surface area contributed by atoms with Gasteiger partial charge in [0.25, 0.3) is 0 Å². The van der Waals surface area contributed by atoms with Gasteiger partial charge in [-0.25, -0.2) is 9.67 Å². The molecule has 0 unspecified atom stereocenters. The summed E-state index contributed by atoms with van der Waals surface area (Å²) >= 11 is 0. The lowest BCUT2D eigenvalue weighted by atomic mass is 10.1. The van der Waals surface area contributed by atoms with Crippen molar-refractivity contribution in [2.24, 2.45) is 0 Å². The van der Waals surface area contributed by atoms with Crippen LogP contribution in [0.1, 0.15) is 36.8 Å². The largest absolute Gasteiger partial charge is 0.377 e. The summed E-state index contributed by atoms with van der Waals surface area (Å²) in [7, 11) is 0. The Kier molecular flexibility index (Phi) is 3.65. The first kappa shape index (κ1) is 12.6. The summed E-state index contributed by atoms with van der Waals surface area (Å²) in [6.45, 7) is 9.14. The highest BCUT2D eigenvalue weighted by atomic mass is 15.4. The van der Waals surface area contributed by atoms with E-state index in [4.69, 9.17) is 0 Å². The predicted molar refractivity (Wildman–Crippen MR) is 73.6 cm³/mol. The topological polar surface area (TPSA) is 42.7 Å². The Balaban J connectivity index is 2.14. The smallest absolute Gasteiger partial charge is 0.146 e. The monoisotopic (exact) mass is 244 g/mol. The van der Waals surface area contributed by atoms with Crippen molar-refractivity contribution in [1.82, 2.24) is 14.8 Å². The minimum Gasteiger partial charge on any atom is -0.377 e. The molecule has 0 aliphatic carbocycles. The van der Waals surface area contributed by atoms with Crippen LogP contribution in [0.4, 0.5) is 5.69 Å². The number of rotatable bonds is 4. The Morgan fingerprint density at radius 1 is 1.22 bits per heavy atom. The minimum absolute atomic E-state index is 0.335. The fourth-order valence-electron chi connectivity index (χ4n) is 2.09. The Morgan fingerprint density at radius 3 is 2.50 bits per heavy atom. The van der Waals surface area contributed by atoms with Gasteiger partial charge in [0.1, 0.15) is 12.2 Å². The standard InChI is InChI=1S/C14H20N4/c1-10(2)18-13(16-9-17-18)8-15-14-11(3)6-5-7-12(14)4/h5-7,9-10,15H,8H2,1-4H3. The Labute approximate surface area is 108 Å². The molecular weight excluding hydrogens is 224 g/mol. The minimum atomic E-state index is 0.335. The molecule has 96 valence electrons. The first-order valence-corrected chi connectivity index (χ1v) is 6.28. The van der Waals surface area contributed by atoms with Crippen molar-refractivity contribution in [3.63, 3.8) is 0 Å². The molecular formula is C14H20N4. The lowest BCUT2D eigenvalue weighted by molar-refractivity contribution is 0.509. The van der Waals surface area contributed by atoms with Crippen molar-refractivity contribution in [2.45, 2.75) is 40.3 Å². The molecule has 0 aliphatic rings. The van der Waals surface area contributed by atoms with Crippen molar-refractivity contribution >= 4 is 5.69 Å². The van der Waals surface area contributed by atoms with Gasteiger partial charge in [0.05, 0.1) is 6.54 Å². The molecule has 0 aliphatic heterocycles. The van der Waals surface area contributed by atoms with Gasteiger partial charge in [-0.15, -0.1) is 0 Å². The quantitative estimate of drug-likeness (QED) is 0.898. The van der Waals surface area contributed by atoms with Gasteiger partial charge in [-0.1, -0.05) is 18.2 Å². The summed E-state index contributed by atoms with van der Waals surface area (Å²) in [5.41, 5.74) is 3.70. The number of hydrogen-bond acceptors (Lipinski definition) is 3. The van der Waals surface area contributed by atoms with E-state index in [1.165, 1.54) is 16.8 Å². The van der Waals surface area contributed by atoms with Crippen LogP contribution in [0.15, 0.2) is 24.5 Å². The SMILES string of the molecule is Cc1cccc(C)c1NCc1ncnn1C(C)C. The maximum absolute atomic E-state index is 4.30. The molecule has 0 bridgehead atoms. The van der Waals surface area contributed by atoms with Crippen LogP contribution in [-0.2, 0) is 6.54 Å². The highest BCUT2D eigenvalue weighted by Gasteiger charge is 2.08. The predicted octanol–water partition coefficient (Wildman–Crippen LogP) is 3.09. The zero-order chi connectivity index (χ0) is 13.1. The maximum atomic E-state index is 4.30. The van der Waals surface area contributed by atoms with Crippen LogP contribution in [0.2, 0.25) is 0 Å². The summed E-state index contributed by atoms with van der Waals surface area (Å²) in [6.07, 6.45) is 1.61. The van der Waals surface area contributed by atoms with Gasteiger partial charge >= 0.3 is 0 Å². The Hall–Kier alpha value is -1.84. The number of anilines is 1. The second-order valence-electron chi connectivity index (χ2n) is 4.83. The fraction of sp³-hybridized carbons (Fsp3) is 0.429. The van der Waals surface area contributed by atoms with E-state index < -0.39 is 0 Å². The number of aromatic nitrogens is 3. The van der Waals surface area contributed by atoms with Crippen molar-refractivity contribution < 1.29 is 0 Å². The van der Waals surface area contributed by atoms with Crippen molar-refractivity contribution in [3.8, 4) is 0 Å². The van der Waals surface area contributed by atoms with E-state index in [1.54, 1.807) is 6.33 Å². The molecule has 2 rings (SSSR count). The third-order valence-corrected chi connectivity index (χ3v) is 3.04. The number of para-hydroxylation sites is 1. The van der Waals surface area contributed by atoms with Crippen molar-refractivity contribution in [2.75, 3.05) is 5.32 Å². The van der Waals surface area contributed by atoms with Crippen molar-refractivity contribution in [3.05, 3.63) is 41.5 Å². The number of aryl methyl sites for hydroxylation is 2. The Morgan fingerprint density at radius 2 is 1.89 bits per heavy atom. The molecule has 1 aromatic carbocycles. The average molecular weight is 244 g/mol. The third-order valence-electron chi connectivity index (χ3n) is 3.04. The van der Waals surface area contributed by atoms with E-state index in [0.717, 1.165) is 5.82 Å². The summed E-state index contributed by atoms with van der Waals surface area (Å²) in [6, 6.07) is 6.64.